The Morgan fingerprint density at radius 1 is 1.60 bits per heavy atom. The molecule has 0 bridgehead atoms. The van der Waals surface area contributed by atoms with Gasteiger partial charge in [-0.25, -0.2) is 0 Å². The molecule has 0 rings (SSSR count). The predicted molar refractivity (Wildman–Crippen MR) is 26.7 cm³/mol. The van der Waals surface area contributed by atoms with Crippen molar-refractivity contribution < 1.29 is 0 Å². The topological polar surface area (TPSA) is 0 Å². The van der Waals surface area contributed by atoms with E-state index in [0.717, 1.165) is 15.2 Å². The van der Waals surface area contributed by atoms with Crippen LogP contribution in [0.3, 0.4) is 0 Å². The fourth-order valence-corrected chi connectivity index (χ4v) is 0.866. The van der Waals surface area contributed by atoms with Crippen LogP contribution in [-0.2, 0) is 0 Å². The van der Waals surface area contributed by atoms with Gasteiger partial charge in [-0.15, -0.1) is 11.1 Å². The highest BCUT2D eigenvalue weighted by Gasteiger charge is 1.72. The third-order valence-electron chi connectivity index (χ3n) is 0.577. The summed E-state index contributed by atoms with van der Waals surface area (Å²) in [6, 6.07) is 0. The molecule has 1 heteroatoms. The van der Waals surface area contributed by atoms with Gasteiger partial charge in [-0.05, 0) is 0 Å². The lowest BCUT2D eigenvalue weighted by molar-refractivity contribution is 1.07. The van der Waals surface area contributed by atoms with Crippen LogP contribution in [0, 0.1) is 0 Å². The zero-order valence-electron chi connectivity index (χ0n) is 3.99. The van der Waals surface area contributed by atoms with Crippen molar-refractivity contribution in [2.45, 2.75) is 24.4 Å². The van der Waals surface area contributed by atoms with Crippen LogP contribution >= 0.6 is 0 Å². The van der Waals surface area contributed by atoms with Gasteiger partial charge in [0.25, 0.3) is 0 Å². The van der Waals surface area contributed by atoms with Crippen molar-refractivity contribution in [3.8, 4) is 0 Å². The molecule has 1 radical (unpaired) electrons. The van der Waals surface area contributed by atoms with E-state index in [0.29, 0.717) is 0 Å². The molecule has 0 amide bonds. The molecule has 0 aliphatic heterocycles. The van der Waals surface area contributed by atoms with Gasteiger partial charge >= 0.3 is 0 Å². The highest BCUT2D eigenvalue weighted by molar-refractivity contribution is 6.33. The molecule has 0 aromatic carbocycles. The molecule has 0 nitrogen and oxygen atoms in total. The average Bonchev–Trinajstić information content (AvgIpc) is 1.41. The van der Waals surface area contributed by atoms with Gasteiger partial charge in [0.2, 0.25) is 0 Å². The summed E-state index contributed by atoms with van der Waals surface area (Å²) in [7, 11) is 0. The van der Waals surface area contributed by atoms with E-state index < -0.39 is 0 Å². The van der Waals surface area contributed by atoms with Crippen LogP contribution in [0.15, 0.2) is 0 Å². The Labute approximate surface area is 40.3 Å². The van der Waals surface area contributed by atoms with Gasteiger partial charge in [-0.2, -0.15) is 0 Å². The van der Waals surface area contributed by atoms with Crippen molar-refractivity contribution in [1.82, 2.24) is 0 Å². The normalized spacial score (nSPS) is 7.60. The third kappa shape index (κ3) is 4.53. The molecule has 0 saturated heterocycles. The first-order chi connectivity index (χ1) is 2.41. The molecule has 29 valence electrons. The molecule has 0 saturated carbocycles. The second-order valence-corrected chi connectivity index (χ2v) is 2.59. The van der Waals surface area contributed by atoms with Crippen LogP contribution in [0.2, 0.25) is 11.1 Å². The quantitative estimate of drug-likeness (QED) is 0.446. The molecule has 0 aromatic heterocycles. The molecule has 0 heterocycles. The van der Waals surface area contributed by atoms with Crippen LogP contribution in [0.25, 0.3) is 0 Å². The summed E-state index contributed by atoms with van der Waals surface area (Å²) in [6.45, 7) is 2.23. The molecule has 0 aliphatic carbocycles. The van der Waals surface area contributed by atoms with Crippen molar-refractivity contribution >= 4 is 15.2 Å². The van der Waals surface area contributed by atoms with E-state index in [4.69, 9.17) is 0 Å². The molecular weight excluding hydrogens is 75.0 g/mol. The van der Waals surface area contributed by atoms with Crippen LogP contribution in [0.4, 0.5) is 0 Å². The van der Waals surface area contributed by atoms with E-state index in [1.165, 1.54) is 11.7 Å². The summed E-state index contributed by atoms with van der Waals surface area (Å²) in [4.78, 5) is 0. The fourth-order valence-electron chi connectivity index (χ4n) is 0.289. The first-order valence-corrected chi connectivity index (χ1v) is 4.16. The first kappa shape index (κ1) is 5.53. The Morgan fingerprint density at radius 2 is 2.20 bits per heavy atom. The van der Waals surface area contributed by atoms with E-state index >= 15 is 0 Å². The Hall–Kier alpha value is 0.532. The Bertz CT molecular complexity index is 11.1. The minimum Gasteiger partial charge on any atom is -0.115 e. The molecule has 0 aromatic rings. The van der Waals surface area contributed by atoms with Gasteiger partial charge in [0, 0.05) is 0 Å². The number of hydrogen-bond acceptors (Lipinski definition) is 0. The summed E-state index contributed by atoms with van der Waals surface area (Å²) in [6.07, 6.45) is 1.38. The van der Waals surface area contributed by atoms with Crippen LogP contribution in [0.1, 0.15) is 13.3 Å². The summed E-state index contributed by atoms with van der Waals surface area (Å²) in [5.41, 5.74) is 0. The lowest BCUT2D eigenvalue weighted by atomic mass is 10.6. The van der Waals surface area contributed by atoms with Gasteiger partial charge in [-0.1, -0.05) is 13.3 Å². The highest BCUT2D eigenvalue weighted by Crippen LogP contribution is 1.81. The minimum atomic E-state index is 0.786. The van der Waals surface area contributed by atoms with Gasteiger partial charge in [-0.3, -0.25) is 0 Å². The number of rotatable bonds is 2. The Morgan fingerprint density at radius 3 is 2.20 bits per heavy atom. The largest absolute Gasteiger partial charge is 0.195 e. The zero-order valence-corrected chi connectivity index (χ0v) is 5.15. The summed E-state index contributed by atoms with van der Waals surface area (Å²) in [5, 5.41) is 1.47. The van der Waals surface area contributed by atoms with E-state index in [2.05, 4.69) is 12.7 Å². The summed E-state index contributed by atoms with van der Waals surface area (Å²) in [5.74, 6) is 2.30. The second kappa shape index (κ2) is 4.53. The molecule has 0 fully saturated rings. The van der Waals surface area contributed by atoms with Crippen molar-refractivity contribution in [2.24, 2.45) is 0 Å². The van der Waals surface area contributed by atoms with E-state index in [1.807, 2.05) is 0 Å². The monoisotopic (exact) mass is 85.1 g/mol. The summed E-state index contributed by atoms with van der Waals surface area (Å²) < 4.78 is 0. The maximum Gasteiger partial charge on any atom is 0.195 e. The predicted octanol–water partition coefficient (Wildman–Crippen LogP) is 1.57. The number of hydrogen-bond donors (Lipinski definition) is 0. The van der Waals surface area contributed by atoms with Crippen LogP contribution in [0.5, 0.6) is 0 Å². The van der Waals surface area contributed by atoms with Gasteiger partial charge in [0.05, 0.1) is 0 Å². The van der Waals surface area contributed by atoms with Gasteiger partial charge in [0.15, 0.2) is 15.2 Å². The standard InChI is InChI=1S/C3H7.CH3.Al/c1-3-2;;/h1,3H2,2H3;1H3;. The van der Waals surface area contributed by atoms with Crippen LogP contribution in [-0.4, -0.2) is 15.2 Å². The molecule has 5 heavy (non-hydrogen) atoms. The Kier molecular flexibility index (Phi) is 5.02. The molecule has 0 unspecified atom stereocenters. The lowest BCUT2D eigenvalue weighted by Gasteiger charge is -1.76. The van der Waals surface area contributed by atoms with E-state index in [1.54, 1.807) is 0 Å². The highest BCUT2D eigenvalue weighted by atomic mass is 27.1. The molecule has 0 aliphatic rings. The van der Waals surface area contributed by atoms with Crippen molar-refractivity contribution in [1.29, 1.82) is 0 Å². The first-order valence-electron chi connectivity index (χ1n) is 2.19. The summed E-state index contributed by atoms with van der Waals surface area (Å²) >= 11 is 0.786. The van der Waals surface area contributed by atoms with Crippen LogP contribution < -0.4 is 0 Å². The average molecular weight is 85.1 g/mol. The third-order valence-corrected chi connectivity index (χ3v) is 1.73. The second-order valence-electron chi connectivity index (χ2n) is 1.20. The maximum absolute atomic E-state index is 2.30. The zero-order chi connectivity index (χ0) is 4.12. The molecular formula is C4H10Al. The van der Waals surface area contributed by atoms with Crippen molar-refractivity contribution in [3.05, 3.63) is 0 Å². The molecule has 0 spiro atoms. The molecule has 0 atom stereocenters. The van der Waals surface area contributed by atoms with E-state index in [-0.39, 0.29) is 0 Å². The Balaban J connectivity index is 2.19. The van der Waals surface area contributed by atoms with E-state index in [9.17, 15) is 0 Å². The fraction of sp³-hybridized carbons (Fsp3) is 1.00. The smallest absolute Gasteiger partial charge is 0.115 e. The minimum absolute atomic E-state index is 0.786. The van der Waals surface area contributed by atoms with Gasteiger partial charge in [0.1, 0.15) is 0 Å². The molecule has 0 N–H and O–H groups in total. The van der Waals surface area contributed by atoms with Crippen molar-refractivity contribution in [3.63, 3.8) is 0 Å². The van der Waals surface area contributed by atoms with Crippen molar-refractivity contribution in [2.75, 3.05) is 0 Å². The van der Waals surface area contributed by atoms with Gasteiger partial charge < -0.3 is 0 Å². The lowest BCUT2D eigenvalue weighted by Crippen LogP contribution is -1.73. The SMILES string of the molecule is CC[CH2][Al][CH3]. The maximum atomic E-state index is 2.30.